The number of nitrogens with one attached hydrogen (secondary N) is 2. The highest BCUT2D eigenvalue weighted by molar-refractivity contribution is 7.71. The third-order valence-corrected chi connectivity index (χ3v) is 3.41. The molecule has 0 bridgehead atoms. The van der Waals surface area contributed by atoms with Crippen LogP contribution in [0.15, 0.2) is 46.9 Å². The minimum Gasteiger partial charge on any atom is -0.322 e. The lowest BCUT2D eigenvalue weighted by molar-refractivity contribution is -0.118. The van der Waals surface area contributed by atoms with Crippen LogP contribution in [0, 0.1) is 4.77 Å². The van der Waals surface area contributed by atoms with E-state index >= 15 is 0 Å². The molecule has 0 unspecified atom stereocenters. The van der Waals surface area contributed by atoms with Gasteiger partial charge in [-0.25, -0.2) is 0 Å². The van der Waals surface area contributed by atoms with E-state index in [9.17, 15) is 14.4 Å². The fraction of sp³-hybridized carbons (Fsp3) is 0.0667. The van der Waals surface area contributed by atoms with E-state index in [0.717, 1.165) is 0 Å². The normalized spacial score (nSPS) is 11.1. The Labute approximate surface area is 141 Å². The van der Waals surface area contributed by atoms with Gasteiger partial charge in [0.15, 0.2) is 10.6 Å². The van der Waals surface area contributed by atoms with Gasteiger partial charge in [0.05, 0.1) is 5.57 Å². The number of H-pyrrole nitrogens is 1. The molecule has 1 amide bonds. The lowest BCUT2D eigenvalue weighted by Crippen LogP contribution is -2.20. The van der Waals surface area contributed by atoms with E-state index in [4.69, 9.17) is 23.8 Å². The van der Waals surface area contributed by atoms with E-state index in [-0.39, 0.29) is 15.9 Å². The van der Waals surface area contributed by atoms with Gasteiger partial charge in [0.2, 0.25) is 0 Å². The zero-order chi connectivity index (χ0) is 17.0. The van der Waals surface area contributed by atoms with E-state index in [2.05, 4.69) is 10.3 Å². The van der Waals surface area contributed by atoms with Crippen LogP contribution in [0.4, 0.5) is 5.69 Å². The predicted octanol–water partition coefficient (Wildman–Crippen LogP) is 2.63. The Bertz CT molecular complexity index is 897. The minimum absolute atomic E-state index is 0.0792. The zero-order valence-electron chi connectivity index (χ0n) is 12.0. The molecule has 0 aliphatic rings. The number of Topliss-reactive ketones (excluding diaryl/α,β-unsaturated/α-hetero) is 1. The van der Waals surface area contributed by atoms with Crippen LogP contribution in [0.25, 0.3) is 6.20 Å². The van der Waals surface area contributed by atoms with Gasteiger partial charge in [0.1, 0.15) is 0 Å². The standard InChI is InChI=1S/C15H12ClN3O3S/c1-9(20)12(8-19-7-6-13(21)18-15(19)23)14(22)17-11-4-2-10(16)3-5-11/h2-8H,1H3,(H,17,22)(H,18,21,23)/b12-8-. The molecule has 2 rings (SSSR count). The van der Waals surface area contributed by atoms with Crippen LogP contribution < -0.4 is 10.9 Å². The van der Waals surface area contributed by atoms with Crippen LogP contribution in [0.2, 0.25) is 5.02 Å². The van der Waals surface area contributed by atoms with Crippen molar-refractivity contribution < 1.29 is 9.59 Å². The highest BCUT2D eigenvalue weighted by atomic mass is 35.5. The first-order valence-corrected chi connectivity index (χ1v) is 7.26. The second-order valence-electron chi connectivity index (χ2n) is 4.58. The molecule has 2 N–H and O–H groups in total. The van der Waals surface area contributed by atoms with Crippen LogP contribution in [0.3, 0.4) is 0 Å². The monoisotopic (exact) mass is 349 g/mol. The number of carbonyl (C=O) groups is 2. The Kier molecular flexibility index (Phi) is 5.25. The smallest absolute Gasteiger partial charge is 0.260 e. The predicted molar refractivity (Wildman–Crippen MR) is 90.9 cm³/mol. The number of hydrogen-bond acceptors (Lipinski definition) is 4. The summed E-state index contributed by atoms with van der Waals surface area (Å²) in [4.78, 5) is 37.6. The highest BCUT2D eigenvalue weighted by Crippen LogP contribution is 2.14. The quantitative estimate of drug-likeness (QED) is 0.384. The number of nitrogens with zero attached hydrogens (tertiary/aromatic N) is 1. The Hall–Kier alpha value is -2.51. The molecule has 8 heteroatoms. The summed E-state index contributed by atoms with van der Waals surface area (Å²) in [5.41, 5.74) is 0.0226. The number of anilines is 1. The third kappa shape index (κ3) is 4.48. The highest BCUT2D eigenvalue weighted by Gasteiger charge is 2.15. The van der Waals surface area contributed by atoms with Crippen molar-refractivity contribution in [2.24, 2.45) is 0 Å². The fourth-order valence-corrected chi connectivity index (χ4v) is 2.05. The minimum atomic E-state index is -0.590. The maximum Gasteiger partial charge on any atom is 0.260 e. The summed E-state index contributed by atoms with van der Waals surface area (Å²) in [6.07, 6.45) is 2.64. The second kappa shape index (κ2) is 7.17. The van der Waals surface area contributed by atoms with Crippen molar-refractivity contribution in [3.63, 3.8) is 0 Å². The van der Waals surface area contributed by atoms with Gasteiger partial charge in [0.25, 0.3) is 11.5 Å². The summed E-state index contributed by atoms with van der Waals surface area (Å²) in [6.45, 7) is 1.27. The average Bonchev–Trinajstić information content (AvgIpc) is 2.48. The summed E-state index contributed by atoms with van der Waals surface area (Å²) in [5.74, 6) is -1.03. The van der Waals surface area contributed by atoms with Gasteiger partial charge in [-0.05, 0) is 43.4 Å². The van der Waals surface area contributed by atoms with Gasteiger partial charge < -0.3 is 5.32 Å². The molecule has 0 aliphatic heterocycles. The molecule has 0 radical (unpaired) electrons. The summed E-state index contributed by atoms with van der Waals surface area (Å²) >= 11 is 10.8. The molecule has 1 aromatic carbocycles. The number of carbonyl (C=O) groups excluding carboxylic acids is 2. The van der Waals surface area contributed by atoms with Gasteiger partial charge in [-0.3, -0.25) is 23.9 Å². The molecular formula is C15H12ClN3O3S. The Morgan fingerprint density at radius 3 is 2.48 bits per heavy atom. The molecule has 0 atom stereocenters. The molecule has 0 saturated carbocycles. The number of aromatic nitrogens is 2. The lowest BCUT2D eigenvalue weighted by atomic mass is 10.2. The summed E-state index contributed by atoms with van der Waals surface area (Å²) < 4.78 is 1.39. The first-order valence-electron chi connectivity index (χ1n) is 6.48. The Balaban J connectivity index is 2.34. The van der Waals surface area contributed by atoms with E-state index in [1.54, 1.807) is 24.3 Å². The maximum absolute atomic E-state index is 12.3. The van der Waals surface area contributed by atoms with Crippen molar-refractivity contribution in [2.75, 3.05) is 5.32 Å². The lowest BCUT2D eigenvalue weighted by Gasteiger charge is -2.08. The molecule has 1 aromatic heterocycles. The second-order valence-corrected chi connectivity index (χ2v) is 5.40. The van der Waals surface area contributed by atoms with Crippen molar-refractivity contribution in [3.8, 4) is 0 Å². The molecular weight excluding hydrogens is 338 g/mol. The molecule has 2 aromatic rings. The molecule has 1 heterocycles. The molecule has 23 heavy (non-hydrogen) atoms. The number of benzene rings is 1. The van der Waals surface area contributed by atoms with Gasteiger partial charge in [-0.1, -0.05) is 11.6 Å². The molecule has 118 valence electrons. The van der Waals surface area contributed by atoms with Gasteiger partial charge in [-0.2, -0.15) is 0 Å². The molecule has 0 spiro atoms. The first kappa shape index (κ1) is 16.9. The number of hydrogen-bond donors (Lipinski definition) is 2. The van der Waals surface area contributed by atoms with E-state index in [0.29, 0.717) is 10.7 Å². The number of ketones is 1. The van der Waals surface area contributed by atoms with Gasteiger partial charge in [0, 0.05) is 29.2 Å². The van der Waals surface area contributed by atoms with Crippen molar-refractivity contribution >= 4 is 47.4 Å². The molecule has 0 fully saturated rings. The van der Waals surface area contributed by atoms with Crippen molar-refractivity contribution in [1.29, 1.82) is 0 Å². The summed E-state index contributed by atoms with van der Waals surface area (Å²) in [6, 6.07) is 7.70. The zero-order valence-corrected chi connectivity index (χ0v) is 13.6. The van der Waals surface area contributed by atoms with E-state index < -0.39 is 11.7 Å². The van der Waals surface area contributed by atoms with E-state index in [1.165, 1.54) is 30.0 Å². The van der Waals surface area contributed by atoms with Crippen molar-refractivity contribution in [2.45, 2.75) is 6.92 Å². The summed E-state index contributed by atoms with van der Waals surface area (Å²) in [7, 11) is 0. The number of aromatic amines is 1. The fourth-order valence-electron chi connectivity index (χ4n) is 1.71. The topological polar surface area (TPSA) is 84.0 Å². The number of amides is 1. The first-order chi connectivity index (χ1) is 10.9. The number of halogens is 1. The average molecular weight is 350 g/mol. The van der Waals surface area contributed by atoms with Crippen molar-refractivity contribution in [3.05, 3.63) is 62.2 Å². The molecule has 0 saturated heterocycles. The third-order valence-electron chi connectivity index (χ3n) is 2.85. The molecule has 0 aliphatic carbocycles. The van der Waals surface area contributed by atoms with Gasteiger partial charge >= 0.3 is 0 Å². The van der Waals surface area contributed by atoms with Crippen molar-refractivity contribution in [1.82, 2.24) is 9.55 Å². The van der Waals surface area contributed by atoms with Gasteiger partial charge in [-0.15, -0.1) is 0 Å². The Morgan fingerprint density at radius 1 is 1.26 bits per heavy atom. The van der Waals surface area contributed by atoms with Crippen LogP contribution in [0.5, 0.6) is 0 Å². The van der Waals surface area contributed by atoms with Crippen LogP contribution in [-0.2, 0) is 9.59 Å². The van der Waals surface area contributed by atoms with E-state index in [1.807, 2.05) is 0 Å². The van der Waals surface area contributed by atoms with Crippen LogP contribution in [0.1, 0.15) is 6.92 Å². The Morgan fingerprint density at radius 2 is 1.91 bits per heavy atom. The largest absolute Gasteiger partial charge is 0.322 e. The molecule has 6 nitrogen and oxygen atoms in total. The SMILES string of the molecule is CC(=O)/C(=C/n1ccc(=O)[nH]c1=S)C(=O)Nc1ccc(Cl)cc1. The van der Waals surface area contributed by atoms with Crippen LogP contribution in [-0.4, -0.2) is 21.2 Å². The summed E-state index contributed by atoms with van der Waals surface area (Å²) in [5, 5.41) is 3.13. The van der Waals surface area contributed by atoms with Crippen LogP contribution >= 0.6 is 23.8 Å². The maximum atomic E-state index is 12.3. The number of rotatable bonds is 4.